The zero-order valence-electron chi connectivity index (χ0n) is 10.9. The van der Waals surface area contributed by atoms with Crippen LogP contribution in [0.3, 0.4) is 0 Å². The summed E-state index contributed by atoms with van der Waals surface area (Å²) in [6, 6.07) is 6.08. The third kappa shape index (κ3) is 3.79. The predicted molar refractivity (Wildman–Crippen MR) is 70.8 cm³/mol. The van der Waals surface area contributed by atoms with Gasteiger partial charge >= 0.3 is 0 Å². The van der Waals surface area contributed by atoms with E-state index in [0.29, 0.717) is 5.41 Å². The minimum absolute atomic E-state index is 0.460. The maximum atomic E-state index is 4.33. The Hall–Kier alpha value is -0.930. The third-order valence-corrected chi connectivity index (χ3v) is 3.78. The van der Waals surface area contributed by atoms with Gasteiger partial charge in [0, 0.05) is 19.3 Å². The number of rotatable bonds is 4. The molecule has 3 heteroatoms. The van der Waals surface area contributed by atoms with Crippen molar-refractivity contribution in [2.45, 2.75) is 26.3 Å². The van der Waals surface area contributed by atoms with Crippen molar-refractivity contribution in [3.63, 3.8) is 0 Å². The molecule has 94 valence electrons. The second-order valence-corrected chi connectivity index (χ2v) is 5.54. The third-order valence-electron chi connectivity index (χ3n) is 3.78. The van der Waals surface area contributed by atoms with Gasteiger partial charge in [0.05, 0.1) is 5.69 Å². The number of nitrogens with one attached hydrogen (secondary N) is 1. The fourth-order valence-electron chi connectivity index (χ4n) is 2.33. The Morgan fingerprint density at radius 1 is 1.35 bits per heavy atom. The van der Waals surface area contributed by atoms with Crippen molar-refractivity contribution >= 4 is 0 Å². The quantitative estimate of drug-likeness (QED) is 0.861. The molecule has 0 unspecified atom stereocenters. The number of aromatic nitrogens is 1. The first-order chi connectivity index (χ1) is 8.18. The van der Waals surface area contributed by atoms with Gasteiger partial charge in [0.15, 0.2) is 0 Å². The van der Waals surface area contributed by atoms with Crippen LogP contribution in [0.5, 0.6) is 0 Å². The van der Waals surface area contributed by atoms with Crippen LogP contribution in [0.2, 0.25) is 0 Å². The zero-order valence-corrected chi connectivity index (χ0v) is 10.9. The van der Waals surface area contributed by atoms with Crippen LogP contribution in [0.4, 0.5) is 0 Å². The van der Waals surface area contributed by atoms with Gasteiger partial charge in [-0.05, 0) is 50.5 Å². The molecule has 0 bridgehead atoms. The van der Waals surface area contributed by atoms with E-state index in [1.54, 1.807) is 0 Å². The normalized spacial score (nSPS) is 20.4. The van der Waals surface area contributed by atoms with Crippen LogP contribution >= 0.6 is 0 Å². The van der Waals surface area contributed by atoms with Gasteiger partial charge in [0.2, 0.25) is 0 Å². The Balaban J connectivity index is 1.75. The maximum Gasteiger partial charge on any atom is 0.0541 e. The average molecular weight is 233 g/mol. The van der Waals surface area contributed by atoms with E-state index >= 15 is 0 Å². The van der Waals surface area contributed by atoms with Gasteiger partial charge in [-0.15, -0.1) is 0 Å². The molecular formula is C14H23N3. The molecule has 0 aliphatic carbocycles. The lowest BCUT2D eigenvalue weighted by molar-refractivity contribution is 0.136. The van der Waals surface area contributed by atoms with E-state index in [1.165, 1.54) is 25.9 Å². The SMILES string of the molecule is CN1CCC(C)(CNCc2ccccn2)CC1. The van der Waals surface area contributed by atoms with E-state index < -0.39 is 0 Å². The lowest BCUT2D eigenvalue weighted by Gasteiger charge is -2.38. The molecule has 1 aliphatic heterocycles. The summed E-state index contributed by atoms with van der Waals surface area (Å²) in [7, 11) is 2.21. The Morgan fingerprint density at radius 3 is 2.76 bits per heavy atom. The molecule has 17 heavy (non-hydrogen) atoms. The Bertz CT molecular complexity index is 329. The number of hydrogen-bond acceptors (Lipinski definition) is 3. The molecule has 1 fully saturated rings. The molecule has 1 aromatic rings. The Morgan fingerprint density at radius 2 is 2.12 bits per heavy atom. The van der Waals surface area contributed by atoms with Crippen molar-refractivity contribution in [3.8, 4) is 0 Å². The van der Waals surface area contributed by atoms with Crippen molar-refractivity contribution in [1.82, 2.24) is 15.2 Å². The standard InChI is InChI=1S/C14H23N3/c1-14(6-9-17(2)10-7-14)12-15-11-13-5-3-4-8-16-13/h3-5,8,15H,6-7,9-12H2,1-2H3. The van der Waals surface area contributed by atoms with Gasteiger partial charge in [-0.3, -0.25) is 4.98 Å². The average Bonchev–Trinajstić information content (AvgIpc) is 2.35. The summed E-state index contributed by atoms with van der Waals surface area (Å²) in [6.45, 7) is 6.82. The predicted octanol–water partition coefficient (Wildman–Crippen LogP) is 1.90. The molecule has 1 aromatic heterocycles. The minimum atomic E-state index is 0.460. The molecule has 1 N–H and O–H groups in total. The monoisotopic (exact) mass is 233 g/mol. The van der Waals surface area contributed by atoms with E-state index in [4.69, 9.17) is 0 Å². The molecule has 3 nitrogen and oxygen atoms in total. The van der Waals surface area contributed by atoms with Gasteiger partial charge in [-0.2, -0.15) is 0 Å². The van der Waals surface area contributed by atoms with Gasteiger partial charge in [-0.25, -0.2) is 0 Å². The van der Waals surface area contributed by atoms with E-state index in [0.717, 1.165) is 18.8 Å². The van der Waals surface area contributed by atoms with E-state index in [9.17, 15) is 0 Å². The molecule has 1 aliphatic rings. The summed E-state index contributed by atoms with van der Waals surface area (Å²) >= 11 is 0. The number of piperidine rings is 1. The molecule has 2 rings (SSSR count). The molecule has 0 radical (unpaired) electrons. The highest BCUT2D eigenvalue weighted by atomic mass is 15.1. The van der Waals surface area contributed by atoms with Crippen molar-refractivity contribution in [3.05, 3.63) is 30.1 Å². The number of pyridine rings is 1. The largest absolute Gasteiger partial charge is 0.311 e. The second-order valence-electron chi connectivity index (χ2n) is 5.54. The molecule has 1 saturated heterocycles. The smallest absolute Gasteiger partial charge is 0.0541 e. The van der Waals surface area contributed by atoms with Crippen LogP contribution in [0.25, 0.3) is 0 Å². The molecule has 0 atom stereocenters. The highest BCUT2D eigenvalue weighted by Gasteiger charge is 2.28. The molecule has 0 spiro atoms. The summed E-state index contributed by atoms with van der Waals surface area (Å²) < 4.78 is 0. The number of hydrogen-bond donors (Lipinski definition) is 1. The summed E-state index contributed by atoms with van der Waals surface area (Å²) in [4.78, 5) is 6.74. The first-order valence-corrected chi connectivity index (χ1v) is 6.47. The highest BCUT2D eigenvalue weighted by molar-refractivity contribution is 5.03. The van der Waals surface area contributed by atoms with Gasteiger partial charge in [-0.1, -0.05) is 13.0 Å². The maximum absolute atomic E-state index is 4.33. The van der Waals surface area contributed by atoms with E-state index in [-0.39, 0.29) is 0 Å². The zero-order chi connectivity index (χ0) is 12.1. The second kappa shape index (κ2) is 5.61. The van der Waals surface area contributed by atoms with Gasteiger partial charge in [0.1, 0.15) is 0 Å². The summed E-state index contributed by atoms with van der Waals surface area (Å²) in [5.74, 6) is 0. The number of likely N-dealkylation sites (tertiary alicyclic amines) is 1. The lowest BCUT2D eigenvalue weighted by atomic mass is 9.80. The molecular weight excluding hydrogens is 210 g/mol. The van der Waals surface area contributed by atoms with Crippen LogP contribution < -0.4 is 5.32 Å². The van der Waals surface area contributed by atoms with Crippen LogP contribution in [-0.2, 0) is 6.54 Å². The van der Waals surface area contributed by atoms with Crippen molar-refractivity contribution in [2.24, 2.45) is 5.41 Å². The van der Waals surface area contributed by atoms with Crippen LogP contribution in [-0.4, -0.2) is 36.6 Å². The van der Waals surface area contributed by atoms with Crippen LogP contribution in [0.15, 0.2) is 24.4 Å². The van der Waals surface area contributed by atoms with E-state index in [2.05, 4.69) is 35.2 Å². The summed E-state index contributed by atoms with van der Waals surface area (Å²) in [6.07, 6.45) is 4.44. The van der Waals surface area contributed by atoms with Gasteiger partial charge < -0.3 is 10.2 Å². The number of nitrogens with zero attached hydrogens (tertiary/aromatic N) is 2. The molecule has 0 amide bonds. The highest BCUT2D eigenvalue weighted by Crippen LogP contribution is 2.29. The first-order valence-electron chi connectivity index (χ1n) is 6.47. The fourth-order valence-corrected chi connectivity index (χ4v) is 2.33. The van der Waals surface area contributed by atoms with Crippen molar-refractivity contribution < 1.29 is 0 Å². The Kier molecular flexibility index (Phi) is 4.13. The van der Waals surface area contributed by atoms with Gasteiger partial charge in [0.25, 0.3) is 0 Å². The van der Waals surface area contributed by atoms with E-state index in [1.807, 2.05) is 18.3 Å². The van der Waals surface area contributed by atoms with Crippen LogP contribution in [0, 0.1) is 5.41 Å². The lowest BCUT2D eigenvalue weighted by Crippen LogP contribution is -2.41. The van der Waals surface area contributed by atoms with Crippen LogP contribution in [0.1, 0.15) is 25.5 Å². The fraction of sp³-hybridized carbons (Fsp3) is 0.643. The molecule has 0 saturated carbocycles. The molecule has 2 heterocycles. The first kappa shape index (κ1) is 12.5. The topological polar surface area (TPSA) is 28.2 Å². The summed E-state index contributed by atoms with van der Waals surface area (Å²) in [5.41, 5.74) is 1.59. The summed E-state index contributed by atoms with van der Waals surface area (Å²) in [5, 5.41) is 3.55. The minimum Gasteiger partial charge on any atom is -0.311 e. The molecule has 0 aromatic carbocycles. The Labute approximate surface area is 104 Å². The van der Waals surface area contributed by atoms with Crippen molar-refractivity contribution in [2.75, 3.05) is 26.7 Å². The van der Waals surface area contributed by atoms with Crippen molar-refractivity contribution in [1.29, 1.82) is 0 Å².